The highest BCUT2D eigenvalue weighted by Crippen LogP contribution is 2.44. The zero-order chi connectivity index (χ0) is 35.6. The van der Waals surface area contributed by atoms with Crippen molar-refractivity contribution < 1.29 is 0 Å². The van der Waals surface area contributed by atoms with Gasteiger partial charge in [-0.2, -0.15) is 0 Å². The Morgan fingerprint density at radius 2 is 0.593 bits per heavy atom. The first-order valence-electron chi connectivity index (χ1n) is 17.5. The molecule has 0 N–H and O–H groups in total. The third kappa shape index (κ3) is 4.69. The van der Waals surface area contributed by atoms with E-state index in [1.54, 1.807) is 0 Å². The normalized spacial score (nSPS) is 11.7. The molecule has 3 heterocycles. The van der Waals surface area contributed by atoms with E-state index in [2.05, 4.69) is 160 Å². The van der Waals surface area contributed by atoms with Crippen molar-refractivity contribution in [2.24, 2.45) is 0 Å². The number of nitrogens with zero attached hydrogens (tertiary/aromatic N) is 9. The van der Waals surface area contributed by atoms with E-state index in [1.807, 2.05) is 0 Å². The van der Waals surface area contributed by atoms with Crippen LogP contribution in [-0.4, -0.2) is 44.9 Å². The SMILES string of the molecule is c1ccc2c(c1)c1cc(-c3ncncn3)ccc1c1c(-c3ccc4c5cc(-c6ncncn6)ccc5c5cc(-c6ncncn6)ccc5c4c3)cccc21. The molecule has 0 saturated carbocycles. The topological polar surface area (TPSA) is 116 Å². The van der Waals surface area contributed by atoms with Gasteiger partial charge >= 0.3 is 0 Å². The first-order valence-corrected chi connectivity index (χ1v) is 17.5. The van der Waals surface area contributed by atoms with Crippen molar-refractivity contribution in [3.8, 4) is 45.3 Å². The summed E-state index contributed by atoms with van der Waals surface area (Å²) in [6, 6.07) is 41.5. The second-order valence-corrected chi connectivity index (χ2v) is 13.2. The van der Waals surface area contributed by atoms with Crippen molar-refractivity contribution >= 4 is 64.6 Å². The second kappa shape index (κ2) is 12.0. The summed E-state index contributed by atoms with van der Waals surface area (Å²) in [4.78, 5) is 38.8. The third-order valence-electron chi connectivity index (χ3n) is 10.4. The van der Waals surface area contributed by atoms with Crippen LogP contribution in [0, 0.1) is 0 Å². The van der Waals surface area contributed by atoms with E-state index in [4.69, 9.17) is 0 Å². The lowest BCUT2D eigenvalue weighted by Crippen LogP contribution is -1.92. The minimum absolute atomic E-state index is 0.629. The Kier molecular flexibility index (Phi) is 6.65. The van der Waals surface area contributed by atoms with Gasteiger partial charge in [-0.25, -0.2) is 44.9 Å². The van der Waals surface area contributed by atoms with Gasteiger partial charge in [-0.3, -0.25) is 0 Å². The molecule has 0 fully saturated rings. The Morgan fingerprint density at radius 1 is 0.259 bits per heavy atom. The van der Waals surface area contributed by atoms with Gasteiger partial charge in [0.05, 0.1) is 0 Å². The summed E-state index contributed by atoms with van der Waals surface area (Å²) in [5, 5.41) is 13.9. The molecule has 0 radical (unpaired) electrons. The molecule has 9 heteroatoms. The Bertz CT molecular complexity index is 3190. The Labute approximate surface area is 307 Å². The fourth-order valence-corrected chi connectivity index (χ4v) is 8.00. The molecule has 0 atom stereocenters. The Balaban J connectivity index is 1.20. The number of aromatic nitrogens is 9. The molecule has 11 rings (SSSR count). The van der Waals surface area contributed by atoms with E-state index >= 15 is 0 Å². The van der Waals surface area contributed by atoms with E-state index in [9.17, 15) is 0 Å². The number of fused-ring (bicyclic) bond motifs is 12. The molecule has 0 unspecified atom stereocenters. The summed E-state index contributed by atoms with van der Waals surface area (Å²) >= 11 is 0. The molecule has 8 aromatic carbocycles. The van der Waals surface area contributed by atoms with Crippen LogP contribution >= 0.6 is 0 Å². The highest BCUT2D eigenvalue weighted by Gasteiger charge is 2.17. The summed E-state index contributed by atoms with van der Waals surface area (Å²) in [5.41, 5.74) is 5.08. The molecule has 0 amide bonds. The largest absolute Gasteiger partial charge is 0.225 e. The minimum atomic E-state index is 0.629. The smallest absolute Gasteiger partial charge is 0.162 e. The highest BCUT2D eigenvalue weighted by molar-refractivity contribution is 6.30. The van der Waals surface area contributed by atoms with Crippen LogP contribution in [-0.2, 0) is 0 Å². The molecule has 11 aromatic rings. The van der Waals surface area contributed by atoms with Crippen LogP contribution in [0.2, 0.25) is 0 Å². The fourth-order valence-electron chi connectivity index (χ4n) is 8.00. The van der Waals surface area contributed by atoms with E-state index in [1.165, 1.54) is 64.9 Å². The molecular weight excluding hydrogens is 667 g/mol. The van der Waals surface area contributed by atoms with Gasteiger partial charge in [0.1, 0.15) is 38.0 Å². The zero-order valence-corrected chi connectivity index (χ0v) is 28.5. The Morgan fingerprint density at radius 3 is 1.07 bits per heavy atom. The molecule has 0 bridgehead atoms. The van der Waals surface area contributed by atoms with E-state index in [-0.39, 0.29) is 0 Å². The van der Waals surface area contributed by atoms with E-state index in [0.717, 1.165) is 65.5 Å². The number of benzene rings is 8. The van der Waals surface area contributed by atoms with Gasteiger partial charge in [0.15, 0.2) is 17.5 Å². The molecule has 54 heavy (non-hydrogen) atoms. The average molecular weight is 692 g/mol. The van der Waals surface area contributed by atoms with Crippen molar-refractivity contribution in [1.82, 2.24) is 44.9 Å². The molecule has 0 aliphatic carbocycles. The van der Waals surface area contributed by atoms with Gasteiger partial charge in [-0.1, -0.05) is 91.0 Å². The summed E-state index contributed by atoms with van der Waals surface area (Å²) in [6.45, 7) is 0. The molecule has 0 spiro atoms. The zero-order valence-electron chi connectivity index (χ0n) is 28.5. The summed E-state index contributed by atoms with van der Waals surface area (Å²) < 4.78 is 0. The average Bonchev–Trinajstić information content (AvgIpc) is 3.26. The summed E-state index contributed by atoms with van der Waals surface area (Å²) in [7, 11) is 0. The number of hydrogen-bond donors (Lipinski definition) is 0. The van der Waals surface area contributed by atoms with Crippen LogP contribution in [0.25, 0.3) is 110 Å². The number of hydrogen-bond acceptors (Lipinski definition) is 9. The maximum Gasteiger partial charge on any atom is 0.162 e. The van der Waals surface area contributed by atoms with Crippen LogP contribution in [0.3, 0.4) is 0 Å². The monoisotopic (exact) mass is 691 g/mol. The van der Waals surface area contributed by atoms with Gasteiger partial charge in [0.2, 0.25) is 0 Å². The first kappa shape index (κ1) is 30.0. The van der Waals surface area contributed by atoms with Crippen molar-refractivity contribution in [2.75, 3.05) is 0 Å². The van der Waals surface area contributed by atoms with Gasteiger partial charge in [0, 0.05) is 16.7 Å². The fraction of sp³-hybridized carbons (Fsp3) is 0. The highest BCUT2D eigenvalue weighted by atomic mass is 15.0. The van der Waals surface area contributed by atoms with Crippen LogP contribution in [0.4, 0.5) is 0 Å². The predicted octanol–water partition coefficient (Wildman–Crippen LogP) is 9.83. The lowest BCUT2D eigenvalue weighted by atomic mass is 9.87. The maximum absolute atomic E-state index is 4.45. The van der Waals surface area contributed by atoms with Gasteiger partial charge in [-0.15, -0.1) is 0 Å². The molecular formula is C45H25N9. The maximum atomic E-state index is 4.45. The van der Waals surface area contributed by atoms with Crippen molar-refractivity contribution in [1.29, 1.82) is 0 Å². The van der Waals surface area contributed by atoms with Crippen LogP contribution < -0.4 is 0 Å². The van der Waals surface area contributed by atoms with Crippen LogP contribution in [0.1, 0.15) is 0 Å². The minimum Gasteiger partial charge on any atom is -0.225 e. The van der Waals surface area contributed by atoms with Gasteiger partial charge in [0.25, 0.3) is 0 Å². The first-order chi connectivity index (χ1) is 26.8. The van der Waals surface area contributed by atoms with Crippen molar-refractivity contribution in [3.05, 3.63) is 153 Å². The second-order valence-electron chi connectivity index (χ2n) is 13.2. The van der Waals surface area contributed by atoms with Crippen molar-refractivity contribution in [3.63, 3.8) is 0 Å². The predicted molar refractivity (Wildman–Crippen MR) is 213 cm³/mol. The Hall–Kier alpha value is -7.65. The number of rotatable bonds is 4. The molecule has 250 valence electrons. The van der Waals surface area contributed by atoms with Crippen LogP contribution in [0.5, 0.6) is 0 Å². The van der Waals surface area contributed by atoms with E-state index < -0.39 is 0 Å². The third-order valence-corrected chi connectivity index (χ3v) is 10.4. The summed E-state index contributed by atoms with van der Waals surface area (Å²) in [5.74, 6) is 1.91. The van der Waals surface area contributed by atoms with Crippen LogP contribution in [0.15, 0.2) is 153 Å². The quantitative estimate of drug-likeness (QED) is 0.166. The molecule has 3 aromatic heterocycles. The lowest BCUT2D eigenvalue weighted by molar-refractivity contribution is 1.06. The summed E-state index contributed by atoms with van der Waals surface area (Å²) in [6.07, 6.45) is 9.20. The molecule has 0 aliphatic rings. The lowest BCUT2D eigenvalue weighted by Gasteiger charge is -2.17. The van der Waals surface area contributed by atoms with Gasteiger partial charge < -0.3 is 0 Å². The molecule has 0 aliphatic heterocycles. The molecule has 9 nitrogen and oxygen atoms in total. The van der Waals surface area contributed by atoms with Crippen molar-refractivity contribution in [2.45, 2.75) is 0 Å². The van der Waals surface area contributed by atoms with Gasteiger partial charge in [-0.05, 0) is 100 Å². The van der Waals surface area contributed by atoms with E-state index in [0.29, 0.717) is 17.5 Å². The standard InChI is InChI=1S/C45H25N9/c1-2-5-32-31(4-1)36-7-3-6-30(42(36)37-15-11-29(19-41(32)37)45-53-24-48-25-54-45)26-8-12-33-38(16-26)34-13-9-27(43-49-20-46-21-50-43)18-40(34)35-14-10-28(17-39(33)35)44-51-22-47-23-52-44/h1-25H. The molecule has 0 saturated heterocycles.